The summed E-state index contributed by atoms with van der Waals surface area (Å²) in [6.45, 7) is 12.5. The molecule has 0 bridgehead atoms. The first kappa shape index (κ1) is 16.8. The minimum absolute atomic E-state index is 0.0384. The smallest absolute Gasteiger partial charge is 0.156 e. The van der Waals surface area contributed by atoms with Crippen molar-refractivity contribution in [2.24, 2.45) is 5.16 Å². The molecule has 122 valence electrons. The summed E-state index contributed by atoms with van der Waals surface area (Å²) < 4.78 is 0. The van der Waals surface area contributed by atoms with Crippen LogP contribution in [-0.4, -0.2) is 28.6 Å². The van der Waals surface area contributed by atoms with Crippen molar-refractivity contribution in [3.05, 3.63) is 28.8 Å². The quantitative estimate of drug-likeness (QED) is 0.879. The first-order valence-corrected chi connectivity index (χ1v) is 7.76. The molecule has 0 fully saturated rings. The van der Waals surface area contributed by atoms with Crippen LogP contribution >= 0.6 is 0 Å². The third-order valence-electron chi connectivity index (χ3n) is 4.00. The van der Waals surface area contributed by atoms with Crippen LogP contribution in [0.5, 0.6) is 5.75 Å². The van der Waals surface area contributed by atoms with Gasteiger partial charge in [-0.3, -0.25) is 0 Å². The van der Waals surface area contributed by atoms with Gasteiger partial charge in [-0.1, -0.05) is 46.7 Å². The number of phenols is 1. The van der Waals surface area contributed by atoms with Crippen molar-refractivity contribution in [1.82, 2.24) is 0 Å². The van der Waals surface area contributed by atoms with Gasteiger partial charge in [0, 0.05) is 23.1 Å². The van der Waals surface area contributed by atoms with Crippen LogP contribution in [0.25, 0.3) is 0 Å². The molecular formula is C18H27NO3. The average molecular weight is 305 g/mol. The summed E-state index contributed by atoms with van der Waals surface area (Å²) in [4.78, 5) is 5.23. The molecule has 2 rings (SSSR count). The molecule has 1 atom stereocenters. The van der Waals surface area contributed by atoms with E-state index in [2.05, 4.69) is 46.7 Å². The van der Waals surface area contributed by atoms with E-state index in [9.17, 15) is 10.2 Å². The van der Waals surface area contributed by atoms with E-state index in [0.29, 0.717) is 12.2 Å². The number of nitrogens with zero attached hydrogens (tertiary/aromatic N) is 1. The molecule has 1 aromatic carbocycles. The molecule has 2 N–H and O–H groups in total. The Morgan fingerprint density at radius 3 is 1.95 bits per heavy atom. The number of phenolic OH excluding ortho intramolecular Hbond substituents is 1. The fourth-order valence-electron chi connectivity index (χ4n) is 2.64. The summed E-state index contributed by atoms with van der Waals surface area (Å²) in [5, 5.41) is 24.0. The highest BCUT2D eigenvalue weighted by atomic mass is 16.6. The molecule has 0 saturated carbocycles. The Balaban J connectivity index is 2.57. The van der Waals surface area contributed by atoms with Crippen LogP contribution in [0.4, 0.5) is 0 Å². The fraction of sp³-hybridized carbons (Fsp3) is 0.611. The molecular weight excluding hydrogens is 278 g/mol. The van der Waals surface area contributed by atoms with Gasteiger partial charge in [0.25, 0.3) is 0 Å². The van der Waals surface area contributed by atoms with E-state index >= 15 is 0 Å². The van der Waals surface area contributed by atoms with E-state index < -0.39 is 0 Å². The number of aliphatic hydroxyl groups is 1. The van der Waals surface area contributed by atoms with E-state index in [-0.39, 0.29) is 23.5 Å². The number of hydrogen-bond acceptors (Lipinski definition) is 4. The van der Waals surface area contributed by atoms with Crippen molar-refractivity contribution >= 4 is 5.71 Å². The van der Waals surface area contributed by atoms with Crippen LogP contribution in [0.15, 0.2) is 17.3 Å². The molecule has 0 amide bonds. The lowest BCUT2D eigenvalue weighted by Crippen LogP contribution is -2.19. The maximum atomic E-state index is 10.7. The van der Waals surface area contributed by atoms with Gasteiger partial charge in [0.15, 0.2) is 6.10 Å². The van der Waals surface area contributed by atoms with Crippen LogP contribution in [0.2, 0.25) is 0 Å². The normalized spacial score (nSPS) is 19.0. The lowest BCUT2D eigenvalue weighted by atomic mass is 9.78. The second kappa shape index (κ2) is 5.58. The fourth-order valence-corrected chi connectivity index (χ4v) is 2.64. The third-order valence-corrected chi connectivity index (χ3v) is 4.00. The van der Waals surface area contributed by atoms with Crippen LogP contribution in [0.3, 0.4) is 0 Å². The predicted octanol–water partition coefficient (Wildman–Crippen LogP) is 3.47. The average Bonchev–Trinajstić information content (AvgIpc) is 2.85. The molecule has 1 heterocycles. The number of aromatic hydroxyl groups is 1. The topological polar surface area (TPSA) is 62.0 Å². The van der Waals surface area contributed by atoms with Crippen molar-refractivity contribution in [3.8, 4) is 5.75 Å². The summed E-state index contributed by atoms with van der Waals surface area (Å²) >= 11 is 0. The van der Waals surface area contributed by atoms with Crippen LogP contribution in [0, 0.1) is 0 Å². The molecule has 4 heteroatoms. The van der Waals surface area contributed by atoms with Crippen molar-refractivity contribution < 1.29 is 15.1 Å². The van der Waals surface area contributed by atoms with E-state index in [1.54, 1.807) is 0 Å². The predicted molar refractivity (Wildman–Crippen MR) is 88.6 cm³/mol. The van der Waals surface area contributed by atoms with E-state index in [1.807, 2.05) is 12.1 Å². The van der Waals surface area contributed by atoms with Gasteiger partial charge < -0.3 is 15.1 Å². The van der Waals surface area contributed by atoms with Crippen LogP contribution < -0.4 is 0 Å². The lowest BCUT2D eigenvalue weighted by Gasteiger charge is -2.28. The largest absolute Gasteiger partial charge is 0.507 e. The van der Waals surface area contributed by atoms with Crippen molar-refractivity contribution in [3.63, 3.8) is 0 Å². The second-order valence-corrected chi connectivity index (χ2v) is 8.07. The molecule has 0 radical (unpaired) electrons. The summed E-state index contributed by atoms with van der Waals surface area (Å²) in [6, 6.07) is 3.99. The summed E-state index contributed by atoms with van der Waals surface area (Å²) in [7, 11) is 0. The van der Waals surface area contributed by atoms with Crippen molar-refractivity contribution in [2.75, 3.05) is 6.61 Å². The Labute approximate surface area is 132 Å². The van der Waals surface area contributed by atoms with E-state index in [4.69, 9.17) is 4.84 Å². The zero-order chi connectivity index (χ0) is 16.7. The van der Waals surface area contributed by atoms with Gasteiger partial charge in [0.1, 0.15) is 5.75 Å². The van der Waals surface area contributed by atoms with Gasteiger partial charge in [0.2, 0.25) is 0 Å². The lowest BCUT2D eigenvalue weighted by molar-refractivity contribution is 0.0390. The third kappa shape index (κ3) is 3.27. The highest BCUT2D eigenvalue weighted by Gasteiger charge is 2.29. The molecule has 0 aromatic heterocycles. The molecule has 0 saturated heterocycles. The van der Waals surface area contributed by atoms with Gasteiger partial charge in [-0.05, 0) is 23.0 Å². The van der Waals surface area contributed by atoms with Crippen LogP contribution in [-0.2, 0) is 15.7 Å². The molecule has 0 spiro atoms. The number of rotatable bonds is 2. The van der Waals surface area contributed by atoms with Crippen molar-refractivity contribution in [1.29, 1.82) is 0 Å². The maximum absolute atomic E-state index is 10.7. The second-order valence-electron chi connectivity index (χ2n) is 8.07. The Bertz CT molecular complexity index is 556. The number of benzene rings is 1. The highest BCUT2D eigenvalue weighted by molar-refractivity contribution is 6.02. The van der Waals surface area contributed by atoms with Gasteiger partial charge in [0.05, 0.1) is 12.3 Å². The maximum Gasteiger partial charge on any atom is 0.156 e. The number of hydrogen-bond donors (Lipinski definition) is 2. The zero-order valence-electron chi connectivity index (χ0n) is 14.4. The standard InChI is InChI=1S/C18H27NO3/c1-17(2,3)13-7-11(15-9-12(10-20)22-19-15)8-14(16(13)21)18(4,5)6/h7-8,12,20-21H,9-10H2,1-6H3. The van der Waals surface area contributed by atoms with Gasteiger partial charge in [-0.15, -0.1) is 0 Å². The highest BCUT2D eigenvalue weighted by Crippen LogP contribution is 2.40. The number of aliphatic hydroxyl groups excluding tert-OH is 1. The molecule has 0 aliphatic carbocycles. The summed E-state index contributed by atoms with van der Waals surface area (Å²) in [6.07, 6.45) is 0.328. The van der Waals surface area contributed by atoms with Crippen LogP contribution in [0.1, 0.15) is 64.7 Å². The monoisotopic (exact) mass is 305 g/mol. The minimum Gasteiger partial charge on any atom is -0.507 e. The number of oxime groups is 1. The first-order chi connectivity index (χ1) is 10.0. The minimum atomic E-state index is -0.264. The SMILES string of the molecule is CC(C)(C)c1cc(C2=NOC(CO)C2)cc(C(C)(C)C)c1O. The van der Waals surface area contributed by atoms with Gasteiger partial charge >= 0.3 is 0 Å². The molecule has 1 aliphatic heterocycles. The Kier molecular flexibility index (Phi) is 4.26. The molecule has 1 unspecified atom stereocenters. The molecule has 1 aliphatic rings. The molecule has 1 aromatic rings. The molecule has 4 nitrogen and oxygen atoms in total. The summed E-state index contributed by atoms with van der Waals surface area (Å²) in [5.74, 6) is 0.363. The Morgan fingerprint density at radius 1 is 1.09 bits per heavy atom. The van der Waals surface area contributed by atoms with E-state index in [1.165, 1.54) is 0 Å². The first-order valence-electron chi connectivity index (χ1n) is 7.76. The Hall–Kier alpha value is -1.55. The van der Waals surface area contributed by atoms with Gasteiger partial charge in [-0.2, -0.15) is 0 Å². The zero-order valence-corrected chi connectivity index (χ0v) is 14.4. The van der Waals surface area contributed by atoms with Gasteiger partial charge in [-0.25, -0.2) is 0 Å². The molecule has 22 heavy (non-hydrogen) atoms. The Morgan fingerprint density at radius 2 is 1.59 bits per heavy atom. The summed E-state index contributed by atoms with van der Waals surface area (Å²) in [5.41, 5.74) is 3.27. The van der Waals surface area contributed by atoms with Crippen molar-refractivity contribution in [2.45, 2.75) is 64.9 Å². The van der Waals surface area contributed by atoms with E-state index in [0.717, 1.165) is 22.4 Å².